The lowest BCUT2D eigenvalue weighted by Crippen LogP contribution is -2.45. The Labute approximate surface area is 211 Å². The van der Waals surface area contributed by atoms with Gasteiger partial charge in [-0.1, -0.05) is 66.7 Å². The summed E-state index contributed by atoms with van der Waals surface area (Å²) in [6.07, 6.45) is 1.79. The summed E-state index contributed by atoms with van der Waals surface area (Å²) < 4.78 is 0.845. The van der Waals surface area contributed by atoms with Gasteiger partial charge in [0.2, 0.25) is 5.95 Å². The van der Waals surface area contributed by atoms with E-state index in [1.54, 1.807) is 16.0 Å². The van der Waals surface area contributed by atoms with Crippen molar-refractivity contribution in [2.45, 2.75) is 6.54 Å². The SMILES string of the molecule is O=C1N(c2ccccc2Br)Cc2cnc(Nc3ccccc3)nc2N1c1cccc2ccccc12. The third-order valence-corrected chi connectivity index (χ3v) is 6.66. The Kier molecular flexibility index (Phi) is 5.39. The van der Waals surface area contributed by atoms with Gasteiger partial charge in [0.05, 0.1) is 17.9 Å². The lowest BCUT2D eigenvalue weighted by molar-refractivity contribution is 0.252. The van der Waals surface area contributed by atoms with Gasteiger partial charge in [0.25, 0.3) is 0 Å². The number of nitrogens with zero attached hydrogens (tertiary/aromatic N) is 4. The van der Waals surface area contributed by atoms with Gasteiger partial charge < -0.3 is 5.32 Å². The number of amides is 2. The zero-order chi connectivity index (χ0) is 23.8. The Bertz CT molecular complexity index is 1550. The molecule has 2 heterocycles. The van der Waals surface area contributed by atoms with Gasteiger partial charge in [-0.05, 0) is 51.6 Å². The molecule has 0 fully saturated rings. The van der Waals surface area contributed by atoms with E-state index in [2.05, 4.69) is 26.2 Å². The number of halogens is 1. The molecular weight excluding hydrogens is 502 g/mol. The number of hydrogen-bond acceptors (Lipinski definition) is 4. The third kappa shape index (κ3) is 3.90. The van der Waals surface area contributed by atoms with Crippen molar-refractivity contribution in [1.82, 2.24) is 9.97 Å². The van der Waals surface area contributed by atoms with Crippen LogP contribution in [-0.4, -0.2) is 16.0 Å². The van der Waals surface area contributed by atoms with Crippen molar-refractivity contribution in [3.8, 4) is 0 Å². The molecule has 6 rings (SSSR count). The molecule has 4 aromatic carbocycles. The summed E-state index contributed by atoms with van der Waals surface area (Å²) in [4.78, 5) is 26.9. The van der Waals surface area contributed by atoms with E-state index in [4.69, 9.17) is 4.98 Å². The van der Waals surface area contributed by atoms with Gasteiger partial charge in [-0.3, -0.25) is 4.90 Å². The van der Waals surface area contributed by atoms with Crippen LogP contribution >= 0.6 is 15.9 Å². The number of aromatic nitrogens is 2. The van der Waals surface area contributed by atoms with E-state index in [9.17, 15) is 4.79 Å². The lowest BCUT2D eigenvalue weighted by Gasteiger charge is -2.37. The van der Waals surface area contributed by atoms with Crippen molar-refractivity contribution >= 4 is 61.6 Å². The molecule has 0 aliphatic carbocycles. The van der Waals surface area contributed by atoms with Crippen molar-refractivity contribution in [1.29, 1.82) is 0 Å². The van der Waals surface area contributed by atoms with E-state index < -0.39 is 0 Å². The number of fused-ring (bicyclic) bond motifs is 2. The second-order valence-corrected chi connectivity index (χ2v) is 9.04. The summed E-state index contributed by atoms with van der Waals surface area (Å²) in [5, 5.41) is 5.27. The van der Waals surface area contributed by atoms with Crippen LogP contribution in [0.25, 0.3) is 10.8 Å². The first-order valence-electron chi connectivity index (χ1n) is 11.2. The molecule has 0 spiro atoms. The van der Waals surface area contributed by atoms with Crippen molar-refractivity contribution in [2.75, 3.05) is 15.1 Å². The fourth-order valence-electron chi connectivity index (χ4n) is 4.34. The van der Waals surface area contributed by atoms with Crippen LogP contribution in [0.4, 0.5) is 33.6 Å². The van der Waals surface area contributed by atoms with Crippen LogP contribution in [0.1, 0.15) is 5.56 Å². The van der Waals surface area contributed by atoms with Crippen molar-refractivity contribution < 1.29 is 4.79 Å². The van der Waals surface area contributed by atoms with Crippen LogP contribution in [-0.2, 0) is 6.54 Å². The van der Waals surface area contributed by atoms with Crippen LogP contribution in [0.3, 0.4) is 0 Å². The van der Waals surface area contributed by atoms with Crippen molar-refractivity contribution in [3.63, 3.8) is 0 Å². The van der Waals surface area contributed by atoms with Crippen LogP contribution in [0.2, 0.25) is 0 Å². The molecule has 2 amide bonds. The zero-order valence-corrected chi connectivity index (χ0v) is 20.2. The molecule has 35 heavy (non-hydrogen) atoms. The molecule has 1 aromatic heterocycles. The highest BCUT2D eigenvalue weighted by Crippen LogP contribution is 2.40. The molecule has 5 aromatic rings. The number of carbonyl (C=O) groups excluding carboxylic acids is 1. The monoisotopic (exact) mass is 521 g/mol. The maximum absolute atomic E-state index is 14.1. The number of rotatable bonds is 4. The number of hydrogen-bond donors (Lipinski definition) is 1. The van der Waals surface area contributed by atoms with E-state index in [-0.39, 0.29) is 6.03 Å². The minimum Gasteiger partial charge on any atom is -0.324 e. The molecule has 0 saturated heterocycles. The highest BCUT2D eigenvalue weighted by Gasteiger charge is 2.35. The molecule has 6 nitrogen and oxygen atoms in total. The number of carbonyl (C=O) groups is 1. The van der Waals surface area contributed by atoms with Crippen LogP contribution in [0.15, 0.2) is 108 Å². The molecule has 0 saturated carbocycles. The normalized spacial score (nSPS) is 13.1. The molecule has 0 unspecified atom stereocenters. The van der Waals surface area contributed by atoms with E-state index >= 15 is 0 Å². The first kappa shape index (κ1) is 21.3. The highest BCUT2D eigenvalue weighted by molar-refractivity contribution is 9.10. The van der Waals surface area contributed by atoms with E-state index in [1.807, 2.05) is 97.1 Å². The van der Waals surface area contributed by atoms with Gasteiger partial charge in [0.15, 0.2) is 5.82 Å². The predicted molar refractivity (Wildman–Crippen MR) is 144 cm³/mol. The molecule has 170 valence electrons. The lowest BCUT2D eigenvalue weighted by atomic mass is 10.1. The predicted octanol–water partition coefficient (Wildman–Crippen LogP) is 7.41. The second-order valence-electron chi connectivity index (χ2n) is 8.19. The van der Waals surface area contributed by atoms with Gasteiger partial charge in [0.1, 0.15) is 0 Å². The van der Waals surface area contributed by atoms with E-state index in [0.29, 0.717) is 18.3 Å². The van der Waals surface area contributed by atoms with Gasteiger partial charge in [-0.15, -0.1) is 0 Å². The van der Waals surface area contributed by atoms with Crippen molar-refractivity contribution in [2.24, 2.45) is 0 Å². The fraction of sp³-hybridized carbons (Fsp3) is 0.0357. The van der Waals surface area contributed by atoms with E-state index in [0.717, 1.165) is 37.9 Å². The van der Waals surface area contributed by atoms with Gasteiger partial charge in [-0.25, -0.2) is 14.7 Å². The molecular formula is C28H20BrN5O. The minimum atomic E-state index is -0.176. The van der Waals surface area contributed by atoms with Gasteiger partial charge in [-0.2, -0.15) is 4.98 Å². The van der Waals surface area contributed by atoms with Gasteiger partial charge in [0, 0.05) is 27.3 Å². The Morgan fingerprint density at radius 1 is 0.800 bits per heavy atom. The molecule has 1 N–H and O–H groups in total. The minimum absolute atomic E-state index is 0.176. The number of nitrogens with one attached hydrogen (secondary N) is 1. The maximum Gasteiger partial charge on any atom is 0.335 e. The zero-order valence-electron chi connectivity index (χ0n) is 18.6. The summed E-state index contributed by atoms with van der Waals surface area (Å²) in [6.45, 7) is 0.365. The Balaban J connectivity index is 1.52. The first-order valence-corrected chi connectivity index (χ1v) is 12.0. The molecule has 0 bridgehead atoms. The molecule has 0 atom stereocenters. The molecule has 1 aliphatic heterocycles. The largest absolute Gasteiger partial charge is 0.335 e. The number of para-hydroxylation sites is 2. The Morgan fingerprint density at radius 3 is 2.37 bits per heavy atom. The molecule has 1 aliphatic rings. The standard InChI is InChI=1S/C28H20BrN5O/c29-23-14-6-7-15-25(23)33-18-20-17-30-27(31-21-11-2-1-3-12-21)32-26(20)34(28(33)35)24-16-8-10-19-9-4-5-13-22(19)24/h1-17H,18H2,(H,30,31,32). The van der Waals surface area contributed by atoms with Crippen LogP contribution in [0.5, 0.6) is 0 Å². The Hall–Kier alpha value is -4.23. The third-order valence-electron chi connectivity index (χ3n) is 5.98. The average Bonchev–Trinajstić information content (AvgIpc) is 2.89. The summed E-state index contributed by atoms with van der Waals surface area (Å²) in [6, 6.07) is 31.3. The average molecular weight is 522 g/mol. The second kappa shape index (κ2) is 8.85. The number of anilines is 5. The van der Waals surface area contributed by atoms with Crippen LogP contribution < -0.4 is 15.1 Å². The summed E-state index contributed by atoms with van der Waals surface area (Å²) in [5.74, 6) is 1.01. The summed E-state index contributed by atoms with van der Waals surface area (Å²) in [7, 11) is 0. The maximum atomic E-state index is 14.1. The Morgan fingerprint density at radius 2 is 1.51 bits per heavy atom. The molecule has 0 radical (unpaired) electrons. The van der Waals surface area contributed by atoms with Gasteiger partial charge >= 0.3 is 6.03 Å². The topological polar surface area (TPSA) is 61.4 Å². The summed E-state index contributed by atoms with van der Waals surface area (Å²) >= 11 is 3.61. The van der Waals surface area contributed by atoms with Crippen molar-refractivity contribution in [3.05, 3.63) is 113 Å². The summed E-state index contributed by atoms with van der Waals surface area (Å²) in [5.41, 5.74) is 3.29. The number of benzene rings is 4. The van der Waals surface area contributed by atoms with E-state index in [1.165, 1.54) is 0 Å². The number of urea groups is 1. The fourth-order valence-corrected chi connectivity index (χ4v) is 4.84. The van der Waals surface area contributed by atoms with Crippen LogP contribution in [0, 0.1) is 0 Å². The molecule has 7 heteroatoms. The smallest absolute Gasteiger partial charge is 0.324 e. The first-order chi connectivity index (χ1) is 17.2. The highest BCUT2D eigenvalue weighted by atomic mass is 79.9. The quantitative estimate of drug-likeness (QED) is 0.267.